The van der Waals surface area contributed by atoms with Gasteiger partial charge in [-0.2, -0.15) is 0 Å². The van der Waals surface area contributed by atoms with E-state index in [2.05, 4.69) is 38.9 Å². The van der Waals surface area contributed by atoms with Gasteiger partial charge in [0.1, 0.15) is 11.6 Å². The van der Waals surface area contributed by atoms with E-state index in [4.69, 9.17) is 0 Å². The van der Waals surface area contributed by atoms with Gasteiger partial charge >= 0.3 is 0 Å². The summed E-state index contributed by atoms with van der Waals surface area (Å²) in [6.07, 6.45) is 6.94. The lowest BCUT2D eigenvalue weighted by molar-refractivity contribution is -0.117. The Hall–Kier alpha value is -3.02. The summed E-state index contributed by atoms with van der Waals surface area (Å²) in [7, 11) is 0. The molecule has 1 aliphatic rings. The molecule has 0 spiro atoms. The molecule has 1 unspecified atom stereocenters. The molecule has 4 rings (SSSR count). The molecule has 0 saturated heterocycles. The highest BCUT2D eigenvalue weighted by atomic mass is 16.1. The zero-order valence-corrected chi connectivity index (χ0v) is 15.6. The summed E-state index contributed by atoms with van der Waals surface area (Å²) in [5.41, 5.74) is 1.91. The zero-order valence-electron chi connectivity index (χ0n) is 15.6. The van der Waals surface area contributed by atoms with E-state index in [-0.39, 0.29) is 11.9 Å². The molecule has 6 nitrogen and oxygen atoms in total. The molecule has 27 heavy (non-hydrogen) atoms. The molecule has 0 radical (unpaired) electrons. The average Bonchev–Trinajstić information content (AvgIpc) is 3.10. The third-order valence-corrected chi connectivity index (χ3v) is 4.94. The minimum absolute atomic E-state index is 0.0801. The zero-order chi connectivity index (χ0) is 18.8. The number of hydrogen-bond acceptors (Lipinski definition) is 4. The molecule has 0 saturated carbocycles. The molecule has 138 valence electrons. The van der Waals surface area contributed by atoms with Crippen molar-refractivity contribution in [2.75, 3.05) is 0 Å². The van der Waals surface area contributed by atoms with E-state index < -0.39 is 0 Å². The Morgan fingerprint density at radius 3 is 2.96 bits per heavy atom. The van der Waals surface area contributed by atoms with E-state index in [0.717, 1.165) is 47.5 Å². The largest absolute Gasteiger partial charge is 0.348 e. The van der Waals surface area contributed by atoms with Crippen molar-refractivity contribution in [1.29, 1.82) is 0 Å². The van der Waals surface area contributed by atoms with Gasteiger partial charge in [0.2, 0.25) is 5.91 Å². The number of amides is 1. The number of nitrogens with zero attached hydrogens (tertiary/aromatic N) is 4. The normalized spacial score (nSPS) is 16.8. The van der Waals surface area contributed by atoms with Crippen molar-refractivity contribution >= 4 is 22.9 Å². The van der Waals surface area contributed by atoms with Gasteiger partial charge in [0.15, 0.2) is 0 Å². The Bertz CT molecular complexity index is 999. The summed E-state index contributed by atoms with van der Waals surface area (Å²) in [5.74, 6) is 2.25. The summed E-state index contributed by atoms with van der Waals surface area (Å²) in [5, 5.41) is 12.7. The molecule has 0 bridgehead atoms. The highest BCUT2D eigenvalue weighted by molar-refractivity contribution is 5.95. The van der Waals surface area contributed by atoms with Gasteiger partial charge in [-0.3, -0.25) is 9.78 Å². The van der Waals surface area contributed by atoms with Crippen molar-refractivity contribution in [2.45, 2.75) is 45.2 Å². The first-order chi connectivity index (χ1) is 13.1. The standard InChI is InChI=1S/C21H23N5O/c1-14(2)21-25-24-19-9-8-16(13-26(19)21)23-20(27)10-7-15-11-12-22-18-6-4-3-5-17(15)18/h3-7,10-12,14,16H,8-9,13H2,1-2H3,(H,23,27). The quantitative estimate of drug-likeness (QED) is 0.725. The number of para-hydroxylation sites is 1. The van der Waals surface area contributed by atoms with Crippen molar-refractivity contribution in [3.8, 4) is 0 Å². The summed E-state index contributed by atoms with van der Waals surface area (Å²) >= 11 is 0. The van der Waals surface area contributed by atoms with Crippen LogP contribution in [0.2, 0.25) is 0 Å². The highest BCUT2D eigenvalue weighted by Crippen LogP contribution is 2.20. The summed E-state index contributed by atoms with van der Waals surface area (Å²) in [6.45, 7) is 4.95. The first-order valence-corrected chi connectivity index (χ1v) is 9.36. The molecule has 0 aliphatic carbocycles. The number of aryl methyl sites for hydroxylation is 1. The van der Waals surface area contributed by atoms with Crippen molar-refractivity contribution < 1.29 is 4.79 Å². The number of fused-ring (bicyclic) bond motifs is 2. The van der Waals surface area contributed by atoms with E-state index in [0.29, 0.717) is 5.92 Å². The van der Waals surface area contributed by atoms with Crippen LogP contribution in [0, 0.1) is 0 Å². The Morgan fingerprint density at radius 2 is 2.11 bits per heavy atom. The second-order valence-corrected chi connectivity index (χ2v) is 7.23. The number of benzene rings is 1. The van der Waals surface area contributed by atoms with Gasteiger partial charge in [0.05, 0.1) is 5.52 Å². The number of carbonyl (C=O) groups is 1. The second-order valence-electron chi connectivity index (χ2n) is 7.23. The molecular formula is C21H23N5O. The van der Waals surface area contributed by atoms with E-state index in [9.17, 15) is 4.79 Å². The molecule has 1 N–H and O–H groups in total. The summed E-state index contributed by atoms with van der Waals surface area (Å²) in [4.78, 5) is 16.8. The van der Waals surface area contributed by atoms with Crippen LogP contribution in [0.3, 0.4) is 0 Å². The summed E-state index contributed by atoms with van der Waals surface area (Å²) < 4.78 is 2.15. The van der Waals surface area contributed by atoms with Crippen molar-refractivity contribution in [1.82, 2.24) is 25.1 Å². The molecule has 3 heterocycles. The van der Waals surface area contributed by atoms with Crippen molar-refractivity contribution in [3.05, 3.63) is 59.8 Å². The Labute approximate surface area is 158 Å². The van der Waals surface area contributed by atoms with Crippen LogP contribution in [0.4, 0.5) is 0 Å². The number of aromatic nitrogens is 4. The van der Waals surface area contributed by atoms with E-state index in [1.165, 1.54) is 0 Å². The Kier molecular flexibility index (Phi) is 4.71. The number of carbonyl (C=O) groups excluding carboxylic acids is 1. The molecule has 3 aromatic rings. The highest BCUT2D eigenvalue weighted by Gasteiger charge is 2.24. The SMILES string of the molecule is CC(C)c1nnc2n1CC(NC(=O)C=Cc1ccnc3ccccc13)CC2. The minimum Gasteiger partial charge on any atom is -0.348 e. The van der Waals surface area contributed by atoms with Crippen LogP contribution in [0.15, 0.2) is 42.6 Å². The topological polar surface area (TPSA) is 72.7 Å². The van der Waals surface area contributed by atoms with Gasteiger partial charge in [-0.05, 0) is 30.2 Å². The summed E-state index contributed by atoms with van der Waals surface area (Å²) in [6, 6.07) is 9.94. The minimum atomic E-state index is -0.0801. The maximum absolute atomic E-state index is 12.4. The lowest BCUT2D eigenvalue weighted by atomic mass is 10.1. The van der Waals surface area contributed by atoms with Gasteiger partial charge in [0, 0.05) is 42.6 Å². The van der Waals surface area contributed by atoms with Crippen LogP contribution >= 0.6 is 0 Å². The third-order valence-electron chi connectivity index (χ3n) is 4.94. The van der Waals surface area contributed by atoms with Crippen LogP contribution in [-0.2, 0) is 17.8 Å². The molecule has 1 atom stereocenters. The monoisotopic (exact) mass is 361 g/mol. The molecule has 1 aromatic carbocycles. The molecule has 0 fully saturated rings. The van der Waals surface area contributed by atoms with Crippen LogP contribution in [0.1, 0.15) is 43.4 Å². The number of hydrogen-bond donors (Lipinski definition) is 1. The lowest BCUT2D eigenvalue weighted by Gasteiger charge is -2.25. The lowest BCUT2D eigenvalue weighted by Crippen LogP contribution is -2.40. The predicted molar refractivity (Wildman–Crippen MR) is 105 cm³/mol. The first kappa shape index (κ1) is 17.4. The third kappa shape index (κ3) is 3.60. The second kappa shape index (κ2) is 7.31. The molecule has 2 aromatic heterocycles. The van der Waals surface area contributed by atoms with Gasteiger partial charge in [-0.1, -0.05) is 32.0 Å². The van der Waals surface area contributed by atoms with Crippen LogP contribution < -0.4 is 5.32 Å². The van der Waals surface area contributed by atoms with Gasteiger partial charge < -0.3 is 9.88 Å². The maximum atomic E-state index is 12.4. The fraction of sp³-hybridized carbons (Fsp3) is 0.333. The van der Waals surface area contributed by atoms with Crippen LogP contribution in [-0.4, -0.2) is 31.7 Å². The molecule has 6 heteroatoms. The molecule has 1 amide bonds. The predicted octanol–water partition coefficient (Wildman–Crippen LogP) is 3.09. The molecule has 1 aliphatic heterocycles. The molecular weight excluding hydrogens is 338 g/mol. The Balaban J connectivity index is 1.45. The smallest absolute Gasteiger partial charge is 0.244 e. The van der Waals surface area contributed by atoms with E-state index in [1.54, 1.807) is 12.3 Å². The Morgan fingerprint density at radius 1 is 1.26 bits per heavy atom. The van der Waals surface area contributed by atoms with Crippen molar-refractivity contribution in [3.63, 3.8) is 0 Å². The number of nitrogens with one attached hydrogen (secondary N) is 1. The van der Waals surface area contributed by atoms with Gasteiger partial charge in [0.25, 0.3) is 0 Å². The fourth-order valence-electron chi connectivity index (χ4n) is 3.57. The average molecular weight is 361 g/mol. The first-order valence-electron chi connectivity index (χ1n) is 9.36. The van der Waals surface area contributed by atoms with Crippen molar-refractivity contribution in [2.24, 2.45) is 0 Å². The van der Waals surface area contributed by atoms with Crippen LogP contribution in [0.5, 0.6) is 0 Å². The number of pyridine rings is 1. The van der Waals surface area contributed by atoms with Gasteiger partial charge in [-0.15, -0.1) is 10.2 Å². The number of rotatable bonds is 4. The van der Waals surface area contributed by atoms with E-state index in [1.807, 2.05) is 36.4 Å². The maximum Gasteiger partial charge on any atom is 0.244 e. The van der Waals surface area contributed by atoms with E-state index >= 15 is 0 Å². The van der Waals surface area contributed by atoms with Gasteiger partial charge in [-0.25, -0.2) is 0 Å². The fourth-order valence-corrected chi connectivity index (χ4v) is 3.57. The van der Waals surface area contributed by atoms with Crippen LogP contribution in [0.25, 0.3) is 17.0 Å².